The number of thiol groups is 2. The van der Waals surface area contributed by atoms with Gasteiger partial charge in [-0.25, -0.2) is 12.1 Å². The topological polar surface area (TPSA) is 18.5 Å². The molecule has 0 saturated heterocycles. The van der Waals surface area contributed by atoms with E-state index in [4.69, 9.17) is 8.85 Å². The summed E-state index contributed by atoms with van der Waals surface area (Å²) in [6, 6.07) is 1.03. The number of hydrogen-bond donors (Lipinski definition) is 2. The zero-order valence-corrected chi connectivity index (χ0v) is 11.6. The maximum Gasteiger partial charge on any atom is 0.334 e. The highest BCUT2D eigenvalue weighted by Gasteiger charge is 2.27. The van der Waals surface area contributed by atoms with Crippen molar-refractivity contribution in [2.75, 3.05) is 20.0 Å². The van der Waals surface area contributed by atoms with Crippen molar-refractivity contribution in [3.63, 3.8) is 0 Å². The van der Waals surface area contributed by atoms with E-state index in [2.05, 4.69) is 40.6 Å². The smallest absolute Gasteiger partial charge is 0.334 e. The molecular weight excluding hydrogens is 224 g/mol. The molecule has 3 radical (unpaired) electrons. The van der Waals surface area contributed by atoms with Crippen molar-refractivity contribution in [1.82, 2.24) is 0 Å². The molecule has 0 aromatic carbocycles. The molecule has 6 heteroatoms. The minimum atomic E-state index is -1.77. The summed E-state index contributed by atoms with van der Waals surface area (Å²) in [7, 11) is 4.33. The molecule has 0 aromatic heterocycles. The van der Waals surface area contributed by atoms with Crippen LogP contribution in [0.5, 0.6) is 0 Å². The zero-order valence-electron chi connectivity index (χ0n) is 7.83. The van der Waals surface area contributed by atoms with Crippen molar-refractivity contribution in [3.05, 3.63) is 0 Å². The van der Waals surface area contributed by atoms with Crippen LogP contribution in [-0.4, -0.2) is 37.9 Å². The molecule has 0 amide bonds. The van der Waals surface area contributed by atoms with Crippen molar-refractivity contribution in [3.8, 4) is 0 Å². The van der Waals surface area contributed by atoms with Gasteiger partial charge in [0, 0.05) is 14.2 Å². The van der Waals surface area contributed by atoms with Crippen LogP contribution in [0.25, 0.3) is 0 Å². The van der Waals surface area contributed by atoms with Crippen LogP contribution in [0.15, 0.2) is 0 Å². The second-order valence-corrected chi connectivity index (χ2v) is 6.40. The fraction of sp³-hybridized carbons (Fsp3) is 1.00. The van der Waals surface area contributed by atoms with Crippen LogP contribution in [0.2, 0.25) is 12.6 Å². The monoisotopic (exact) mass is 241 g/mol. The first-order chi connectivity index (χ1) is 5.68. The summed E-state index contributed by atoms with van der Waals surface area (Å²) in [5, 5.41) is 0. The van der Waals surface area contributed by atoms with Crippen molar-refractivity contribution in [2.24, 2.45) is 0 Å². The molecule has 0 aliphatic rings. The van der Waals surface area contributed by atoms with Gasteiger partial charge >= 0.3 is 8.56 Å². The molecule has 12 heavy (non-hydrogen) atoms. The van der Waals surface area contributed by atoms with E-state index in [1.165, 1.54) is 0 Å². The Balaban J connectivity index is 0. The SMILES string of the molecule is CO[Si](C)(CCCS)OC.[Si]S. The van der Waals surface area contributed by atoms with Gasteiger partial charge in [-0.2, -0.15) is 12.6 Å². The van der Waals surface area contributed by atoms with Crippen molar-refractivity contribution >= 4 is 42.7 Å². The number of hydrogen-bond acceptors (Lipinski definition) is 4. The molecule has 2 nitrogen and oxygen atoms in total. The van der Waals surface area contributed by atoms with Crippen LogP contribution in [-0.2, 0) is 8.85 Å². The molecule has 0 atom stereocenters. The summed E-state index contributed by atoms with van der Waals surface area (Å²) in [5.41, 5.74) is 0. The zero-order chi connectivity index (χ0) is 10.0. The molecule has 0 saturated carbocycles. The maximum atomic E-state index is 5.27. The molecule has 0 aromatic rings. The predicted octanol–water partition coefficient (Wildman–Crippen LogP) is 1.67. The molecule has 73 valence electrons. The Bertz CT molecular complexity index is 91.6. The van der Waals surface area contributed by atoms with Gasteiger partial charge in [0.15, 0.2) is 0 Å². The minimum Gasteiger partial charge on any atom is -0.398 e. The van der Waals surface area contributed by atoms with Gasteiger partial charge in [0.25, 0.3) is 0 Å². The largest absolute Gasteiger partial charge is 0.398 e. The van der Waals surface area contributed by atoms with Gasteiger partial charge < -0.3 is 8.85 Å². The Morgan fingerprint density at radius 2 is 1.67 bits per heavy atom. The lowest BCUT2D eigenvalue weighted by Gasteiger charge is -2.21. The summed E-state index contributed by atoms with van der Waals surface area (Å²) in [6.07, 6.45) is 1.08. The van der Waals surface area contributed by atoms with Gasteiger partial charge in [-0.3, -0.25) is 0 Å². The quantitative estimate of drug-likeness (QED) is 0.563. The highest BCUT2D eigenvalue weighted by atomic mass is 32.3. The Kier molecular flexibility index (Phi) is 13.1. The van der Waals surface area contributed by atoms with Gasteiger partial charge in [-0.15, -0.1) is 0 Å². The van der Waals surface area contributed by atoms with E-state index in [1.54, 1.807) is 14.2 Å². The summed E-state index contributed by atoms with van der Waals surface area (Å²) < 4.78 is 10.5. The lowest BCUT2D eigenvalue weighted by atomic mass is 10.6. The average molecular weight is 242 g/mol. The Morgan fingerprint density at radius 1 is 1.25 bits per heavy atom. The average Bonchev–Trinajstić information content (AvgIpc) is 2.17. The molecule has 0 N–H and O–H groups in total. The third kappa shape index (κ3) is 7.69. The van der Waals surface area contributed by atoms with Crippen LogP contribution in [0.3, 0.4) is 0 Å². The first-order valence-electron chi connectivity index (χ1n) is 3.62. The number of rotatable bonds is 5. The molecule has 0 spiro atoms. The maximum absolute atomic E-state index is 5.27. The summed E-state index contributed by atoms with van der Waals surface area (Å²) in [6.45, 7) is 2.07. The second kappa shape index (κ2) is 10.1. The van der Waals surface area contributed by atoms with E-state index in [9.17, 15) is 0 Å². The van der Waals surface area contributed by atoms with Gasteiger partial charge in [0.05, 0.1) is 0 Å². The Hall–Kier alpha value is 1.05. The van der Waals surface area contributed by atoms with Crippen LogP contribution < -0.4 is 0 Å². The fourth-order valence-corrected chi connectivity index (χ4v) is 2.54. The van der Waals surface area contributed by atoms with Crippen LogP contribution in [0.1, 0.15) is 6.42 Å². The molecule has 0 heterocycles. The normalized spacial score (nSPS) is 10.5. The first-order valence-corrected chi connectivity index (χ1v) is 8.56. The highest BCUT2D eigenvalue weighted by Crippen LogP contribution is 2.13. The van der Waals surface area contributed by atoms with Crippen LogP contribution in [0.4, 0.5) is 0 Å². The molecule has 0 aliphatic heterocycles. The molecule has 0 fully saturated rings. The minimum absolute atomic E-state index is 0.912. The summed E-state index contributed by atoms with van der Waals surface area (Å²) in [5.74, 6) is 0.912. The molecule has 0 bridgehead atoms. The summed E-state index contributed by atoms with van der Waals surface area (Å²) >= 11 is 7.45. The molecule has 0 unspecified atom stereocenters. The Morgan fingerprint density at radius 3 is 1.92 bits per heavy atom. The Labute approximate surface area is 90.5 Å². The van der Waals surface area contributed by atoms with Gasteiger partial charge in [-0.05, 0) is 24.8 Å². The molecule has 0 rings (SSSR count). The van der Waals surface area contributed by atoms with E-state index in [-0.39, 0.29) is 0 Å². The fourth-order valence-electron chi connectivity index (χ4n) is 0.688. The lowest BCUT2D eigenvalue weighted by molar-refractivity contribution is 0.249. The van der Waals surface area contributed by atoms with Crippen molar-refractivity contribution in [2.45, 2.75) is 19.0 Å². The van der Waals surface area contributed by atoms with E-state index >= 15 is 0 Å². The van der Waals surface area contributed by atoms with Crippen LogP contribution >= 0.6 is 24.7 Å². The highest BCUT2D eigenvalue weighted by molar-refractivity contribution is 8.03. The van der Waals surface area contributed by atoms with E-state index in [0.717, 1.165) is 18.2 Å². The van der Waals surface area contributed by atoms with Gasteiger partial charge in [0.1, 0.15) is 9.39 Å². The predicted molar refractivity (Wildman–Crippen MR) is 63.7 cm³/mol. The molecular formula is C6H17O2S2Si2. The van der Waals surface area contributed by atoms with E-state index in [1.807, 2.05) is 0 Å². The van der Waals surface area contributed by atoms with E-state index < -0.39 is 8.56 Å². The standard InChI is InChI=1S/C6H16O2SSi.HSSi/c1-7-10(3,8-2)6-4-5-9;1-2/h9H,4-6H2,1-3H3;1H. The van der Waals surface area contributed by atoms with Crippen molar-refractivity contribution in [1.29, 1.82) is 0 Å². The third-order valence-corrected chi connectivity index (χ3v) is 4.96. The lowest BCUT2D eigenvalue weighted by Crippen LogP contribution is -2.35. The second-order valence-electron chi connectivity index (χ2n) is 2.37. The van der Waals surface area contributed by atoms with Crippen LogP contribution in [0, 0.1) is 0 Å². The first kappa shape index (κ1) is 15.5. The van der Waals surface area contributed by atoms with Gasteiger partial charge in [0.2, 0.25) is 0 Å². The molecule has 0 aliphatic carbocycles. The third-order valence-electron chi connectivity index (χ3n) is 1.65. The van der Waals surface area contributed by atoms with Crippen molar-refractivity contribution < 1.29 is 8.85 Å². The van der Waals surface area contributed by atoms with Gasteiger partial charge in [-0.1, -0.05) is 0 Å². The van der Waals surface area contributed by atoms with E-state index in [0.29, 0.717) is 0 Å². The summed E-state index contributed by atoms with van der Waals surface area (Å²) in [4.78, 5) is 0.